The van der Waals surface area contributed by atoms with Crippen LogP contribution >= 0.6 is 31.9 Å². The zero-order valence-electron chi connectivity index (χ0n) is 10.1. The lowest BCUT2D eigenvalue weighted by atomic mass is 9.81. The van der Waals surface area contributed by atoms with Crippen LogP contribution in [0.4, 0.5) is 0 Å². The maximum Gasteiger partial charge on any atom is 0.326 e. The number of alkyl halides is 2. The van der Waals surface area contributed by atoms with Crippen molar-refractivity contribution in [3.63, 3.8) is 0 Å². The molecule has 7 heteroatoms. The molecule has 1 saturated heterocycles. The number of amides is 2. The van der Waals surface area contributed by atoms with Crippen LogP contribution in [-0.2, 0) is 14.4 Å². The fourth-order valence-electron chi connectivity index (χ4n) is 3.86. The van der Waals surface area contributed by atoms with Crippen LogP contribution in [-0.4, -0.2) is 43.5 Å². The summed E-state index contributed by atoms with van der Waals surface area (Å²) in [6.45, 7) is 1.39. The van der Waals surface area contributed by atoms with E-state index < -0.39 is 12.0 Å². The number of hydrogen-bond donors (Lipinski definition) is 1. The maximum absolute atomic E-state index is 12.4. The molecule has 5 nitrogen and oxygen atoms in total. The number of carboxylic acid groups (broad SMARTS) is 1. The molecule has 3 aliphatic rings. The van der Waals surface area contributed by atoms with Crippen LogP contribution in [0.2, 0.25) is 0 Å². The Bertz CT molecular complexity index is 450. The summed E-state index contributed by atoms with van der Waals surface area (Å²) in [7, 11) is 0. The topological polar surface area (TPSA) is 74.7 Å². The number of carbonyl (C=O) groups is 3. The van der Waals surface area contributed by atoms with Crippen LogP contribution in [0.15, 0.2) is 0 Å². The van der Waals surface area contributed by atoms with Gasteiger partial charge in [-0.25, -0.2) is 4.79 Å². The lowest BCUT2D eigenvalue weighted by molar-refractivity contribution is -0.154. The van der Waals surface area contributed by atoms with E-state index in [-0.39, 0.29) is 45.1 Å². The minimum atomic E-state index is -1.14. The molecule has 1 N–H and O–H groups in total. The summed E-state index contributed by atoms with van der Waals surface area (Å²) in [6.07, 6.45) is 0.855. The van der Waals surface area contributed by atoms with Gasteiger partial charge >= 0.3 is 5.97 Å². The highest BCUT2D eigenvalue weighted by molar-refractivity contribution is 9.12. The Morgan fingerprint density at radius 3 is 2.00 bits per heavy atom. The van der Waals surface area contributed by atoms with Crippen molar-refractivity contribution in [3.05, 3.63) is 0 Å². The highest BCUT2D eigenvalue weighted by Gasteiger charge is 2.67. The molecular formula is C12H13Br2NO4. The first-order chi connectivity index (χ1) is 8.86. The number of carbonyl (C=O) groups excluding carboxylic acids is 2. The normalized spacial score (nSPS) is 45.7. The van der Waals surface area contributed by atoms with Crippen LogP contribution in [0.1, 0.15) is 13.3 Å². The van der Waals surface area contributed by atoms with Gasteiger partial charge in [0.2, 0.25) is 11.8 Å². The van der Waals surface area contributed by atoms with Gasteiger partial charge in [0.05, 0.1) is 11.8 Å². The van der Waals surface area contributed by atoms with Gasteiger partial charge in [-0.15, -0.1) is 0 Å². The van der Waals surface area contributed by atoms with Crippen molar-refractivity contribution in [3.8, 4) is 0 Å². The average molecular weight is 395 g/mol. The first-order valence-corrected chi connectivity index (χ1v) is 8.07. The van der Waals surface area contributed by atoms with Crippen LogP contribution < -0.4 is 0 Å². The number of carboxylic acids is 1. The van der Waals surface area contributed by atoms with Crippen molar-refractivity contribution in [2.45, 2.75) is 29.0 Å². The van der Waals surface area contributed by atoms with Gasteiger partial charge in [0.1, 0.15) is 6.04 Å². The summed E-state index contributed by atoms with van der Waals surface area (Å²) < 4.78 is 0. The van der Waals surface area contributed by atoms with Crippen molar-refractivity contribution < 1.29 is 19.5 Å². The van der Waals surface area contributed by atoms with Gasteiger partial charge in [0, 0.05) is 9.65 Å². The van der Waals surface area contributed by atoms with E-state index in [9.17, 15) is 14.4 Å². The standard InChI is InChI=1S/C12H13Br2NO4/c1-3(12(18)19)15-10(16)6-4-2-5(7(6)11(15)17)9(14)8(4)13/h3-9H,2H2,1H3,(H,18,19)/t3-,4-,5-,6-,7-,8-,9+/m1/s1. The van der Waals surface area contributed by atoms with E-state index in [1.54, 1.807) is 0 Å². The molecule has 3 rings (SSSR count). The average Bonchev–Trinajstić information content (AvgIpc) is 2.94. The first-order valence-electron chi connectivity index (χ1n) is 6.24. The summed E-state index contributed by atoms with van der Waals surface area (Å²) in [5.41, 5.74) is 0. The maximum atomic E-state index is 12.4. The number of nitrogens with zero attached hydrogens (tertiary/aromatic N) is 1. The van der Waals surface area contributed by atoms with Crippen molar-refractivity contribution in [1.82, 2.24) is 4.90 Å². The molecule has 0 aromatic rings. The largest absolute Gasteiger partial charge is 0.480 e. The van der Waals surface area contributed by atoms with Crippen molar-refractivity contribution in [1.29, 1.82) is 0 Å². The number of imide groups is 1. The van der Waals surface area contributed by atoms with Gasteiger partial charge in [0.25, 0.3) is 0 Å². The summed E-state index contributed by atoms with van der Waals surface area (Å²) in [6, 6.07) is -1.08. The Balaban J connectivity index is 1.95. The molecule has 0 unspecified atom stereocenters. The van der Waals surface area contributed by atoms with Gasteiger partial charge in [0.15, 0.2) is 0 Å². The molecule has 1 aliphatic heterocycles. The predicted octanol–water partition coefficient (Wildman–Crippen LogP) is 1.24. The second-order valence-electron chi connectivity index (χ2n) is 5.56. The smallest absolute Gasteiger partial charge is 0.326 e. The Morgan fingerprint density at radius 2 is 1.63 bits per heavy atom. The number of fused-ring (bicyclic) bond motifs is 5. The lowest BCUT2D eigenvalue weighted by Crippen LogP contribution is -2.44. The quantitative estimate of drug-likeness (QED) is 0.564. The van der Waals surface area contributed by atoms with Crippen LogP contribution in [0, 0.1) is 23.7 Å². The molecule has 0 aromatic heterocycles. The SMILES string of the molecule is C[C@H](C(=O)O)N1C(=O)[C@@H]2[C@H]3C[C@@H]([C@@H](Br)[C@H]3Br)[C@H]2C1=O. The fourth-order valence-corrected chi connectivity index (χ4v) is 5.74. The molecule has 7 atom stereocenters. The van der Waals surface area contributed by atoms with E-state index >= 15 is 0 Å². The highest BCUT2D eigenvalue weighted by Crippen LogP contribution is 2.60. The first kappa shape index (κ1) is 13.5. The third kappa shape index (κ3) is 1.60. The molecule has 0 radical (unpaired) electrons. The molecule has 19 heavy (non-hydrogen) atoms. The van der Waals surface area contributed by atoms with Gasteiger partial charge in [-0.3, -0.25) is 14.5 Å². The minimum absolute atomic E-state index is 0.127. The summed E-state index contributed by atoms with van der Waals surface area (Å²) >= 11 is 7.17. The second-order valence-corrected chi connectivity index (χ2v) is 7.68. The van der Waals surface area contributed by atoms with E-state index in [2.05, 4.69) is 31.9 Å². The molecule has 2 aliphatic carbocycles. The molecule has 0 spiro atoms. The number of hydrogen-bond acceptors (Lipinski definition) is 3. The van der Waals surface area contributed by atoms with Crippen molar-refractivity contribution in [2.75, 3.05) is 0 Å². The van der Waals surface area contributed by atoms with E-state index in [4.69, 9.17) is 5.11 Å². The number of halogens is 2. The van der Waals surface area contributed by atoms with E-state index in [0.717, 1.165) is 11.3 Å². The molecular weight excluding hydrogens is 382 g/mol. The van der Waals surface area contributed by atoms with E-state index in [1.807, 2.05) is 0 Å². The second kappa shape index (κ2) is 4.28. The number of aliphatic carboxylic acids is 1. The van der Waals surface area contributed by atoms with Crippen LogP contribution in [0.3, 0.4) is 0 Å². The molecule has 2 saturated carbocycles. The fraction of sp³-hybridized carbons (Fsp3) is 0.750. The predicted molar refractivity (Wildman–Crippen MR) is 73.0 cm³/mol. The molecule has 2 bridgehead atoms. The van der Waals surface area contributed by atoms with Crippen LogP contribution in [0.25, 0.3) is 0 Å². The summed E-state index contributed by atoms with van der Waals surface area (Å²) in [4.78, 5) is 37.1. The number of likely N-dealkylation sites (tertiary alicyclic amines) is 1. The summed E-state index contributed by atoms with van der Waals surface area (Å²) in [5, 5.41) is 9.03. The minimum Gasteiger partial charge on any atom is -0.480 e. The van der Waals surface area contributed by atoms with E-state index in [1.165, 1.54) is 6.92 Å². The monoisotopic (exact) mass is 393 g/mol. The van der Waals surface area contributed by atoms with Gasteiger partial charge < -0.3 is 5.11 Å². The van der Waals surface area contributed by atoms with Crippen molar-refractivity contribution >= 4 is 49.6 Å². The van der Waals surface area contributed by atoms with Crippen molar-refractivity contribution in [2.24, 2.45) is 23.7 Å². The van der Waals surface area contributed by atoms with Gasteiger partial charge in [-0.2, -0.15) is 0 Å². The van der Waals surface area contributed by atoms with Gasteiger partial charge in [-0.1, -0.05) is 31.9 Å². The molecule has 3 fully saturated rings. The zero-order chi connectivity index (χ0) is 14.1. The molecule has 0 aromatic carbocycles. The Kier molecular flexibility index (Phi) is 3.05. The Labute approximate surface area is 127 Å². The third-order valence-corrected chi connectivity index (χ3v) is 7.97. The molecule has 2 amide bonds. The zero-order valence-corrected chi connectivity index (χ0v) is 13.3. The molecule has 1 heterocycles. The Morgan fingerprint density at radius 1 is 1.21 bits per heavy atom. The third-order valence-electron chi connectivity index (χ3n) is 4.77. The number of rotatable bonds is 2. The Hall–Kier alpha value is -0.430. The van der Waals surface area contributed by atoms with Gasteiger partial charge in [-0.05, 0) is 25.2 Å². The lowest BCUT2D eigenvalue weighted by Gasteiger charge is -2.28. The van der Waals surface area contributed by atoms with Crippen LogP contribution in [0.5, 0.6) is 0 Å². The highest BCUT2D eigenvalue weighted by atomic mass is 79.9. The van der Waals surface area contributed by atoms with E-state index in [0.29, 0.717) is 0 Å². The molecule has 104 valence electrons. The summed E-state index contributed by atoms with van der Waals surface area (Å²) in [5.74, 6) is -2.17.